The molecule has 0 bridgehead atoms. The van der Waals surface area contributed by atoms with Crippen LogP contribution in [0.15, 0.2) is 29.6 Å². The van der Waals surface area contributed by atoms with Crippen molar-refractivity contribution < 1.29 is 0 Å². The molecule has 0 spiro atoms. The lowest BCUT2D eigenvalue weighted by Gasteiger charge is -2.20. The van der Waals surface area contributed by atoms with Crippen molar-refractivity contribution in [3.05, 3.63) is 40.3 Å². The summed E-state index contributed by atoms with van der Waals surface area (Å²) in [5, 5.41) is 4.45. The van der Waals surface area contributed by atoms with Gasteiger partial charge in [-0.1, -0.05) is 30.2 Å². The number of nitrogens with zero attached hydrogens (tertiary/aromatic N) is 2. The van der Waals surface area contributed by atoms with Crippen molar-refractivity contribution in [2.45, 2.75) is 18.9 Å². The molecule has 0 saturated heterocycles. The summed E-state index contributed by atoms with van der Waals surface area (Å²) in [4.78, 5) is 10.7. The van der Waals surface area contributed by atoms with Gasteiger partial charge in [0.25, 0.3) is 0 Å². The second kappa shape index (κ2) is 4.14. The SMILES string of the molecule is [13CH]#[13C][13CH2]N(N=O)[C@@H]1CCc2ccccc21. The molecule has 1 aromatic rings. The molecule has 2 rings (SSSR count). The molecule has 1 atom stereocenters. The Morgan fingerprint density at radius 2 is 2.33 bits per heavy atom. The van der Waals surface area contributed by atoms with Crippen LogP contribution in [0.4, 0.5) is 0 Å². The lowest BCUT2D eigenvalue weighted by Crippen LogP contribution is -2.21. The smallest absolute Gasteiger partial charge is 0.100 e. The Kier molecular flexibility index (Phi) is 2.68. The molecule has 1 aliphatic rings. The summed E-state index contributed by atoms with van der Waals surface area (Å²) in [5.74, 6) is 2.46. The second-order valence-corrected chi connectivity index (χ2v) is 3.64. The van der Waals surface area contributed by atoms with Crippen molar-refractivity contribution in [2.24, 2.45) is 5.29 Å². The predicted octanol–water partition coefficient (Wildman–Crippen LogP) is 2.29. The van der Waals surface area contributed by atoms with Crippen LogP contribution in [0.1, 0.15) is 23.6 Å². The van der Waals surface area contributed by atoms with Gasteiger partial charge in [0.2, 0.25) is 0 Å². The largest absolute Gasteiger partial charge is 0.241 e. The average molecular weight is 203 g/mol. The summed E-state index contributed by atoms with van der Waals surface area (Å²) in [6.07, 6.45) is 7.12. The van der Waals surface area contributed by atoms with Crippen LogP contribution in [0.5, 0.6) is 0 Å². The lowest BCUT2D eigenvalue weighted by atomic mass is 10.1. The van der Waals surface area contributed by atoms with E-state index in [9.17, 15) is 4.91 Å². The van der Waals surface area contributed by atoms with Crippen LogP contribution in [-0.2, 0) is 6.42 Å². The van der Waals surface area contributed by atoms with Crippen LogP contribution in [-0.4, -0.2) is 11.6 Å². The van der Waals surface area contributed by atoms with Gasteiger partial charge in [0.15, 0.2) is 0 Å². The first-order valence-electron chi connectivity index (χ1n) is 4.98. The van der Waals surface area contributed by atoms with Gasteiger partial charge in [0.1, 0.15) is 6.54 Å². The highest BCUT2D eigenvalue weighted by Gasteiger charge is 2.27. The zero-order valence-corrected chi connectivity index (χ0v) is 8.39. The van der Waals surface area contributed by atoms with Gasteiger partial charge in [-0.15, -0.1) is 11.3 Å². The number of benzene rings is 1. The third-order valence-corrected chi connectivity index (χ3v) is 2.82. The van der Waals surface area contributed by atoms with Crippen LogP contribution in [0.2, 0.25) is 0 Å². The minimum Gasteiger partial charge on any atom is -0.241 e. The van der Waals surface area contributed by atoms with Crippen molar-refractivity contribution >= 4 is 0 Å². The maximum Gasteiger partial charge on any atom is 0.100 e. The van der Waals surface area contributed by atoms with Crippen LogP contribution in [0, 0.1) is 17.3 Å². The lowest BCUT2D eigenvalue weighted by molar-refractivity contribution is 0.229. The highest BCUT2D eigenvalue weighted by Crippen LogP contribution is 2.35. The molecular formula is C12H12N2O. The molecule has 3 nitrogen and oxygen atoms in total. The molecule has 1 aromatic carbocycles. The fourth-order valence-corrected chi connectivity index (χ4v) is 2.13. The molecule has 0 fully saturated rings. The molecule has 76 valence electrons. The highest BCUT2D eigenvalue weighted by atomic mass is 16.3. The molecule has 0 saturated carbocycles. The minimum absolute atomic E-state index is 0.0646. The summed E-state index contributed by atoms with van der Waals surface area (Å²) in [7, 11) is 0. The topological polar surface area (TPSA) is 32.7 Å². The number of fused-ring (bicyclic) bond motifs is 1. The standard InChI is InChI=1S/C12H12N2O/c1-2-9-14(13-15)12-8-7-10-5-3-4-6-11(10)12/h1,3-6,12H,7-9H2/t12-/m1/s1/i1+1,2+1,9+1. The number of nitroso groups, excluding NO2 is 1. The first-order chi connectivity index (χ1) is 7.36. The van der Waals surface area contributed by atoms with E-state index in [1.807, 2.05) is 18.2 Å². The van der Waals surface area contributed by atoms with E-state index in [1.54, 1.807) is 0 Å². The quantitative estimate of drug-likeness (QED) is 0.327. The normalized spacial score (nSPS) is 17.9. The minimum atomic E-state index is 0.0646. The van der Waals surface area contributed by atoms with Crippen molar-refractivity contribution in [3.63, 3.8) is 0 Å². The van der Waals surface area contributed by atoms with Crippen molar-refractivity contribution in [2.75, 3.05) is 6.54 Å². The number of hydrogen-bond acceptors (Lipinski definition) is 2. The summed E-state index contributed by atoms with van der Waals surface area (Å²) in [5.41, 5.74) is 2.49. The number of rotatable bonds is 3. The Balaban J connectivity index is 2.26. The fraction of sp³-hybridized carbons (Fsp3) is 0.333. The first kappa shape index (κ1) is 9.72. The van der Waals surface area contributed by atoms with Gasteiger partial charge < -0.3 is 0 Å². The third-order valence-electron chi connectivity index (χ3n) is 2.82. The Morgan fingerprint density at radius 1 is 1.53 bits per heavy atom. The van der Waals surface area contributed by atoms with Crippen LogP contribution in [0.3, 0.4) is 0 Å². The van der Waals surface area contributed by atoms with E-state index in [2.05, 4.69) is 17.3 Å². The van der Waals surface area contributed by atoms with Gasteiger partial charge >= 0.3 is 0 Å². The van der Waals surface area contributed by atoms with Crippen molar-refractivity contribution in [1.29, 1.82) is 0 Å². The van der Waals surface area contributed by atoms with E-state index in [1.165, 1.54) is 16.1 Å². The molecule has 0 aliphatic heterocycles. The molecule has 0 radical (unpaired) electrons. The summed E-state index contributed by atoms with van der Waals surface area (Å²) >= 11 is 0. The number of hydrogen-bond donors (Lipinski definition) is 0. The van der Waals surface area contributed by atoms with Crippen molar-refractivity contribution in [1.82, 2.24) is 5.01 Å². The van der Waals surface area contributed by atoms with Gasteiger partial charge in [-0.2, -0.15) is 0 Å². The monoisotopic (exact) mass is 203 g/mol. The molecule has 0 amide bonds. The summed E-state index contributed by atoms with van der Waals surface area (Å²) < 4.78 is 0. The van der Waals surface area contributed by atoms with E-state index < -0.39 is 0 Å². The summed E-state index contributed by atoms with van der Waals surface area (Å²) in [6.45, 7) is 0.280. The fourth-order valence-electron chi connectivity index (χ4n) is 2.13. The summed E-state index contributed by atoms with van der Waals surface area (Å²) in [6, 6.07) is 8.20. The second-order valence-electron chi connectivity index (χ2n) is 3.64. The van der Waals surface area contributed by atoms with E-state index >= 15 is 0 Å². The Bertz CT molecular complexity index is 408. The average Bonchev–Trinajstić information content (AvgIpc) is 2.70. The molecule has 0 N–H and O–H groups in total. The van der Waals surface area contributed by atoms with Gasteiger partial charge in [-0.3, -0.25) is 0 Å². The molecule has 3 heteroatoms. The van der Waals surface area contributed by atoms with Gasteiger partial charge in [0.05, 0.1) is 11.3 Å². The Morgan fingerprint density at radius 3 is 3.07 bits per heavy atom. The van der Waals surface area contributed by atoms with Gasteiger partial charge in [-0.25, -0.2) is 5.01 Å². The third kappa shape index (κ3) is 1.71. The first-order valence-corrected chi connectivity index (χ1v) is 4.98. The van der Waals surface area contributed by atoms with Gasteiger partial charge in [-0.05, 0) is 24.0 Å². The van der Waals surface area contributed by atoms with Crippen molar-refractivity contribution in [3.8, 4) is 12.3 Å². The molecule has 0 heterocycles. The zero-order valence-electron chi connectivity index (χ0n) is 8.39. The molecule has 1 aliphatic carbocycles. The van der Waals surface area contributed by atoms with Crippen LogP contribution < -0.4 is 0 Å². The van der Waals surface area contributed by atoms with E-state index in [-0.39, 0.29) is 12.6 Å². The van der Waals surface area contributed by atoms with E-state index in [4.69, 9.17) is 6.42 Å². The maximum absolute atomic E-state index is 10.7. The van der Waals surface area contributed by atoms with E-state index in [0.29, 0.717) is 0 Å². The molecule has 0 unspecified atom stereocenters. The Hall–Kier alpha value is -1.82. The zero-order chi connectivity index (χ0) is 10.7. The molecule has 0 aromatic heterocycles. The van der Waals surface area contributed by atoms with Crippen LogP contribution >= 0.6 is 0 Å². The highest BCUT2D eigenvalue weighted by molar-refractivity contribution is 5.34. The van der Waals surface area contributed by atoms with Crippen LogP contribution in [0.25, 0.3) is 0 Å². The van der Waals surface area contributed by atoms with E-state index in [0.717, 1.165) is 12.8 Å². The number of aryl methyl sites for hydroxylation is 1. The number of terminal acetylenes is 1. The van der Waals surface area contributed by atoms with Gasteiger partial charge in [0, 0.05) is 0 Å². The molecular weight excluding hydrogens is 191 g/mol. The molecule has 15 heavy (non-hydrogen) atoms. The predicted molar refractivity (Wildman–Crippen MR) is 58.8 cm³/mol. The maximum atomic E-state index is 10.7. The Labute approximate surface area is 89.0 Å².